The van der Waals surface area contributed by atoms with E-state index in [1.807, 2.05) is 26.2 Å². The Morgan fingerprint density at radius 1 is 1.71 bits per heavy atom. The van der Waals surface area contributed by atoms with Gasteiger partial charge in [0, 0.05) is 6.08 Å². The van der Waals surface area contributed by atoms with Gasteiger partial charge in [0.25, 0.3) is 0 Å². The van der Waals surface area contributed by atoms with Crippen LogP contribution >= 0.6 is 0 Å². The molecule has 0 fully saturated rings. The lowest BCUT2D eigenvalue weighted by molar-refractivity contribution is -0.829. The molecule has 7 heavy (non-hydrogen) atoms. The summed E-state index contributed by atoms with van der Waals surface area (Å²) in [6.45, 7) is 1.99. The zero-order valence-electron chi connectivity index (χ0n) is 4.60. The van der Waals surface area contributed by atoms with E-state index < -0.39 is 0 Å². The van der Waals surface area contributed by atoms with E-state index in [1.54, 1.807) is 0 Å². The fourth-order valence-electron chi connectivity index (χ4n) is 0.594. The van der Waals surface area contributed by atoms with Gasteiger partial charge in [-0.15, -0.1) is 0 Å². The van der Waals surface area contributed by atoms with Gasteiger partial charge in [0.1, 0.15) is 6.20 Å². The maximum absolute atomic E-state index is 4.11. The highest BCUT2D eigenvalue weighted by Crippen LogP contribution is 1.77. The highest BCUT2D eigenvalue weighted by Gasteiger charge is 2.00. The van der Waals surface area contributed by atoms with Crippen LogP contribution in [0.1, 0.15) is 6.92 Å². The van der Waals surface area contributed by atoms with Crippen molar-refractivity contribution in [2.45, 2.75) is 6.92 Å². The molecule has 1 aliphatic rings. The molecule has 0 spiro atoms. The lowest BCUT2D eigenvalue weighted by atomic mass is 10.4. The molecule has 38 valence electrons. The second-order valence-electron chi connectivity index (χ2n) is 1.73. The Kier molecular flexibility index (Phi) is 0.947. The minimum absolute atomic E-state index is 1.11. The van der Waals surface area contributed by atoms with Gasteiger partial charge in [-0.25, -0.2) is 0 Å². The molecule has 0 aromatic heterocycles. The molecular formula is C5H9N2+. The predicted molar refractivity (Wildman–Crippen MR) is 29.1 cm³/mol. The van der Waals surface area contributed by atoms with Gasteiger partial charge in [0.2, 0.25) is 0 Å². The van der Waals surface area contributed by atoms with Gasteiger partial charge in [-0.05, 0) is 6.92 Å². The number of nitrogens with one attached hydrogen (secondary N) is 1. The molecule has 2 nitrogen and oxygen atoms in total. The molecular weight excluding hydrogens is 88.1 g/mol. The van der Waals surface area contributed by atoms with E-state index in [-0.39, 0.29) is 0 Å². The summed E-state index contributed by atoms with van der Waals surface area (Å²) in [7, 11) is 1.99. The van der Waals surface area contributed by atoms with E-state index in [2.05, 4.69) is 5.10 Å². The zero-order valence-corrected chi connectivity index (χ0v) is 4.60. The van der Waals surface area contributed by atoms with E-state index in [0.29, 0.717) is 0 Å². The number of hydrogen-bond acceptors (Lipinski definition) is 1. The average molecular weight is 97.1 g/mol. The van der Waals surface area contributed by atoms with E-state index >= 15 is 0 Å². The van der Waals surface area contributed by atoms with Crippen molar-refractivity contribution >= 4 is 5.71 Å². The van der Waals surface area contributed by atoms with Crippen molar-refractivity contribution in [2.75, 3.05) is 7.05 Å². The molecule has 0 saturated carbocycles. The molecule has 0 aromatic rings. The van der Waals surface area contributed by atoms with Crippen molar-refractivity contribution in [3.8, 4) is 0 Å². The molecule has 0 saturated heterocycles. The maximum atomic E-state index is 4.11. The third kappa shape index (κ3) is 0.871. The molecule has 0 bridgehead atoms. The van der Waals surface area contributed by atoms with E-state index in [1.165, 1.54) is 0 Å². The van der Waals surface area contributed by atoms with E-state index in [0.717, 1.165) is 10.7 Å². The topological polar surface area (TPSA) is 16.8 Å². The normalized spacial score (nSPS) is 28.3. The van der Waals surface area contributed by atoms with Gasteiger partial charge in [0.15, 0.2) is 0 Å². The molecule has 1 N–H and O–H groups in total. The van der Waals surface area contributed by atoms with Crippen molar-refractivity contribution in [2.24, 2.45) is 5.10 Å². The Labute approximate surface area is 43.1 Å². The Balaban J connectivity index is 2.69. The minimum atomic E-state index is 1.11. The highest BCUT2D eigenvalue weighted by molar-refractivity contribution is 5.92. The summed E-state index contributed by atoms with van der Waals surface area (Å²) in [5.74, 6) is 0. The Morgan fingerprint density at radius 2 is 2.43 bits per heavy atom. The standard InChI is InChI=1S/C5H8N2/c1-5-3-4-7(2)6-5/h3-4H,1-2H3/p+1. The van der Waals surface area contributed by atoms with Gasteiger partial charge < -0.3 is 0 Å². The van der Waals surface area contributed by atoms with Crippen LogP contribution in [-0.2, 0) is 0 Å². The second kappa shape index (κ2) is 1.46. The van der Waals surface area contributed by atoms with Crippen LogP contribution in [0.25, 0.3) is 0 Å². The Hall–Kier alpha value is -0.630. The van der Waals surface area contributed by atoms with E-state index in [9.17, 15) is 0 Å². The van der Waals surface area contributed by atoms with Gasteiger partial charge >= 0.3 is 0 Å². The molecule has 0 amide bonds. The fourth-order valence-corrected chi connectivity index (χ4v) is 0.594. The summed E-state index contributed by atoms with van der Waals surface area (Å²) in [6, 6.07) is 0. The van der Waals surface area contributed by atoms with Crippen LogP contribution in [0.3, 0.4) is 0 Å². The fraction of sp³-hybridized carbons (Fsp3) is 0.400. The molecule has 0 aromatic carbocycles. The SMILES string of the molecule is CC1=N[NH+](C)C=C1. The number of hydrogen-bond donors (Lipinski definition) is 1. The molecule has 1 heterocycles. The van der Waals surface area contributed by atoms with E-state index in [4.69, 9.17) is 0 Å². The summed E-state index contributed by atoms with van der Waals surface area (Å²) in [6.07, 6.45) is 4.02. The van der Waals surface area contributed by atoms with Crippen LogP contribution in [0.5, 0.6) is 0 Å². The first kappa shape index (κ1) is 4.53. The van der Waals surface area contributed by atoms with Crippen LogP contribution in [0, 0.1) is 0 Å². The van der Waals surface area contributed by atoms with Crippen LogP contribution in [0.15, 0.2) is 17.4 Å². The number of allylic oxidation sites excluding steroid dienone is 1. The molecule has 1 atom stereocenters. The third-order valence-electron chi connectivity index (χ3n) is 0.918. The van der Waals surface area contributed by atoms with Gasteiger partial charge in [-0.2, -0.15) is 5.01 Å². The smallest absolute Gasteiger partial charge is 0.122 e. The molecule has 0 radical (unpaired) electrons. The molecule has 2 heteroatoms. The Morgan fingerprint density at radius 3 is 2.57 bits per heavy atom. The first-order valence-corrected chi connectivity index (χ1v) is 2.36. The quantitative estimate of drug-likeness (QED) is 0.416. The first-order chi connectivity index (χ1) is 3.29. The molecule has 1 aliphatic heterocycles. The van der Waals surface area contributed by atoms with Crippen LogP contribution in [0.4, 0.5) is 0 Å². The summed E-state index contributed by atoms with van der Waals surface area (Å²) in [4.78, 5) is 0. The van der Waals surface area contributed by atoms with Crippen LogP contribution in [0.2, 0.25) is 0 Å². The van der Waals surface area contributed by atoms with Crippen molar-refractivity contribution in [1.82, 2.24) is 0 Å². The molecule has 1 rings (SSSR count). The van der Waals surface area contributed by atoms with Crippen molar-refractivity contribution in [3.05, 3.63) is 12.3 Å². The van der Waals surface area contributed by atoms with Crippen molar-refractivity contribution < 1.29 is 5.01 Å². The first-order valence-electron chi connectivity index (χ1n) is 2.36. The summed E-state index contributed by atoms with van der Waals surface area (Å²) < 4.78 is 0. The maximum Gasteiger partial charge on any atom is 0.122 e. The number of rotatable bonds is 0. The number of nitrogens with zero attached hydrogens (tertiary/aromatic N) is 1. The van der Waals surface area contributed by atoms with Crippen LogP contribution < -0.4 is 5.01 Å². The molecule has 0 aliphatic carbocycles. The Bertz CT molecular complexity index is 124. The third-order valence-corrected chi connectivity index (χ3v) is 0.918. The summed E-state index contributed by atoms with van der Waals surface area (Å²) in [5.41, 5.74) is 1.11. The van der Waals surface area contributed by atoms with Crippen molar-refractivity contribution in [3.63, 3.8) is 0 Å². The average Bonchev–Trinajstić information content (AvgIpc) is 1.87. The van der Waals surface area contributed by atoms with Gasteiger partial charge in [0.05, 0.1) is 12.8 Å². The largest absolute Gasteiger partial charge is 0.185 e. The summed E-state index contributed by atoms with van der Waals surface area (Å²) >= 11 is 0. The monoisotopic (exact) mass is 97.1 g/mol. The number of quaternary nitrogens is 1. The van der Waals surface area contributed by atoms with Crippen LogP contribution in [-0.4, -0.2) is 12.8 Å². The lowest BCUT2D eigenvalue weighted by Crippen LogP contribution is -2.97. The lowest BCUT2D eigenvalue weighted by Gasteiger charge is -1.88. The van der Waals surface area contributed by atoms with Crippen molar-refractivity contribution in [1.29, 1.82) is 0 Å². The second-order valence-corrected chi connectivity index (χ2v) is 1.73. The predicted octanol–water partition coefficient (Wildman–Crippen LogP) is -0.596. The zero-order chi connectivity index (χ0) is 5.28. The highest BCUT2D eigenvalue weighted by atomic mass is 15.4. The summed E-state index contributed by atoms with van der Waals surface area (Å²) in [5, 5.41) is 5.22. The van der Waals surface area contributed by atoms with Gasteiger partial charge in [-0.3, -0.25) is 0 Å². The molecule has 1 unspecified atom stereocenters. The minimum Gasteiger partial charge on any atom is -0.185 e. The van der Waals surface area contributed by atoms with Gasteiger partial charge in [-0.1, -0.05) is 5.10 Å².